The van der Waals surface area contributed by atoms with Crippen LogP contribution in [-0.4, -0.2) is 39.5 Å². The Kier molecular flexibility index (Phi) is 6.55. The van der Waals surface area contributed by atoms with Crippen molar-refractivity contribution in [3.8, 4) is 0 Å². The van der Waals surface area contributed by atoms with Crippen molar-refractivity contribution in [3.05, 3.63) is 28.5 Å². The van der Waals surface area contributed by atoms with E-state index < -0.39 is 20.7 Å². The monoisotopic (exact) mass is 337 g/mol. The Labute approximate surface area is 130 Å². The zero-order valence-electron chi connectivity index (χ0n) is 12.4. The minimum Gasteiger partial charge on any atom is -0.326 e. The van der Waals surface area contributed by atoms with Crippen LogP contribution in [0.1, 0.15) is 19.4 Å². The van der Waals surface area contributed by atoms with E-state index in [-0.39, 0.29) is 23.7 Å². The summed E-state index contributed by atoms with van der Waals surface area (Å²) < 4.78 is 40.8. The molecule has 120 valence electrons. The molecule has 1 aromatic carbocycles. The van der Waals surface area contributed by atoms with Crippen molar-refractivity contribution in [1.82, 2.24) is 9.62 Å². The van der Waals surface area contributed by atoms with Crippen LogP contribution >= 0.6 is 11.6 Å². The molecule has 0 saturated heterocycles. The lowest BCUT2D eigenvalue weighted by molar-refractivity contribution is 0.278. The smallest absolute Gasteiger partial charge is 0.243 e. The first-order valence-corrected chi connectivity index (χ1v) is 8.43. The molecule has 0 saturated carbocycles. The highest BCUT2D eigenvalue weighted by Crippen LogP contribution is 2.23. The minimum absolute atomic E-state index is 0.0715. The molecule has 0 aliphatic rings. The highest BCUT2D eigenvalue weighted by atomic mass is 35.5. The predicted octanol–water partition coefficient (Wildman–Crippen LogP) is 1.56. The molecule has 1 aromatic rings. The molecule has 21 heavy (non-hydrogen) atoms. The molecule has 0 fully saturated rings. The lowest BCUT2D eigenvalue weighted by Crippen LogP contribution is -2.36. The van der Waals surface area contributed by atoms with Gasteiger partial charge in [0.05, 0.1) is 0 Å². The molecule has 0 atom stereocenters. The van der Waals surface area contributed by atoms with Gasteiger partial charge < -0.3 is 10.6 Å². The number of benzene rings is 1. The number of likely N-dealkylation sites (N-methyl/N-ethyl adjacent to an activating group) is 1. The number of nitrogens with two attached hydrogens (primary N) is 1. The molecule has 0 aromatic heterocycles. The van der Waals surface area contributed by atoms with Crippen molar-refractivity contribution in [1.29, 1.82) is 0 Å². The van der Waals surface area contributed by atoms with Gasteiger partial charge in [0.25, 0.3) is 0 Å². The van der Waals surface area contributed by atoms with Crippen molar-refractivity contribution >= 4 is 21.6 Å². The predicted molar refractivity (Wildman–Crippen MR) is 82.3 cm³/mol. The normalized spacial score (nSPS) is 12.4. The highest BCUT2D eigenvalue weighted by Gasteiger charge is 2.22. The van der Waals surface area contributed by atoms with E-state index in [1.165, 1.54) is 6.07 Å². The Morgan fingerprint density at radius 1 is 1.43 bits per heavy atom. The molecular weight excluding hydrogens is 317 g/mol. The van der Waals surface area contributed by atoms with E-state index in [0.29, 0.717) is 12.6 Å². The summed E-state index contributed by atoms with van der Waals surface area (Å²) in [6.07, 6.45) is 0. The second-order valence-electron chi connectivity index (χ2n) is 5.05. The second-order valence-corrected chi connectivity index (χ2v) is 7.23. The Balaban J connectivity index is 2.91. The Morgan fingerprint density at radius 3 is 2.57 bits per heavy atom. The van der Waals surface area contributed by atoms with E-state index >= 15 is 0 Å². The van der Waals surface area contributed by atoms with Crippen LogP contribution in [0.2, 0.25) is 5.02 Å². The number of nitrogens with one attached hydrogen (secondary N) is 1. The summed E-state index contributed by atoms with van der Waals surface area (Å²) in [6, 6.07) is 2.70. The Morgan fingerprint density at radius 2 is 2.05 bits per heavy atom. The lowest BCUT2D eigenvalue weighted by atomic mass is 10.2. The van der Waals surface area contributed by atoms with Gasteiger partial charge in [-0.1, -0.05) is 11.6 Å². The molecule has 0 aliphatic carbocycles. The summed E-state index contributed by atoms with van der Waals surface area (Å²) >= 11 is 5.81. The zero-order chi connectivity index (χ0) is 16.2. The van der Waals surface area contributed by atoms with E-state index in [4.69, 9.17) is 17.3 Å². The molecule has 1 rings (SSSR count). The van der Waals surface area contributed by atoms with Gasteiger partial charge in [-0.25, -0.2) is 17.5 Å². The third kappa shape index (κ3) is 4.89. The first kappa shape index (κ1) is 18.3. The Bertz CT molecular complexity index is 593. The van der Waals surface area contributed by atoms with Gasteiger partial charge in [-0.15, -0.1) is 0 Å². The minimum atomic E-state index is -3.96. The summed E-state index contributed by atoms with van der Waals surface area (Å²) in [5.74, 6) is -0.855. The van der Waals surface area contributed by atoms with Crippen molar-refractivity contribution in [2.45, 2.75) is 31.3 Å². The van der Waals surface area contributed by atoms with Crippen LogP contribution in [-0.2, 0) is 16.6 Å². The zero-order valence-corrected chi connectivity index (χ0v) is 13.9. The van der Waals surface area contributed by atoms with Crippen LogP contribution < -0.4 is 10.5 Å². The summed E-state index contributed by atoms with van der Waals surface area (Å²) in [4.78, 5) is 1.50. The molecule has 0 bridgehead atoms. The summed E-state index contributed by atoms with van der Waals surface area (Å²) in [5.41, 5.74) is 5.46. The van der Waals surface area contributed by atoms with E-state index in [1.807, 2.05) is 25.8 Å². The molecule has 0 radical (unpaired) electrons. The van der Waals surface area contributed by atoms with Gasteiger partial charge in [-0.2, -0.15) is 0 Å². The van der Waals surface area contributed by atoms with Gasteiger partial charge in [0, 0.05) is 36.3 Å². The van der Waals surface area contributed by atoms with Crippen molar-refractivity contribution in [3.63, 3.8) is 0 Å². The fourth-order valence-corrected chi connectivity index (χ4v) is 3.12. The number of nitrogens with zero attached hydrogens (tertiary/aromatic N) is 1. The molecule has 0 unspecified atom stereocenters. The largest absolute Gasteiger partial charge is 0.326 e. The molecule has 0 aliphatic heterocycles. The number of hydrogen-bond acceptors (Lipinski definition) is 4. The molecule has 5 nitrogen and oxygen atoms in total. The molecule has 3 N–H and O–H groups in total. The third-order valence-corrected chi connectivity index (χ3v) is 4.91. The Hall–Kier alpha value is -0.730. The lowest BCUT2D eigenvalue weighted by Gasteiger charge is -2.21. The summed E-state index contributed by atoms with van der Waals surface area (Å²) in [6.45, 7) is 4.58. The number of rotatable bonds is 7. The van der Waals surface area contributed by atoms with E-state index in [0.717, 1.165) is 6.07 Å². The molecule has 8 heteroatoms. The maximum absolute atomic E-state index is 14.1. The second kappa shape index (κ2) is 7.51. The van der Waals surface area contributed by atoms with Gasteiger partial charge in [0.2, 0.25) is 10.0 Å². The molecule has 0 heterocycles. The number of sulfonamides is 1. The topological polar surface area (TPSA) is 75.4 Å². The van der Waals surface area contributed by atoms with Gasteiger partial charge in [-0.3, -0.25) is 0 Å². The highest BCUT2D eigenvalue weighted by molar-refractivity contribution is 7.89. The van der Waals surface area contributed by atoms with Crippen LogP contribution in [0.5, 0.6) is 0 Å². The average molecular weight is 338 g/mol. The van der Waals surface area contributed by atoms with Crippen LogP contribution in [0, 0.1) is 5.82 Å². The average Bonchev–Trinajstić information content (AvgIpc) is 2.40. The SMILES string of the molecule is CC(C)N(C)CCNS(=O)(=O)c1cc(Cl)cc(CN)c1F. The van der Waals surface area contributed by atoms with Crippen molar-refractivity contribution < 1.29 is 12.8 Å². The van der Waals surface area contributed by atoms with Crippen LogP contribution in [0.25, 0.3) is 0 Å². The maximum Gasteiger partial charge on any atom is 0.243 e. The number of hydrogen-bond donors (Lipinski definition) is 2. The quantitative estimate of drug-likeness (QED) is 0.791. The van der Waals surface area contributed by atoms with Crippen molar-refractivity contribution in [2.75, 3.05) is 20.1 Å². The first-order chi connectivity index (χ1) is 9.69. The van der Waals surface area contributed by atoms with Gasteiger partial charge in [0.15, 0.2) is 0 Å². The van der Waals surface area contributed by atoms with Gasteiger partial charge in [-0.05, 0) is 33.0 Å². The molecule has 0 amide bonds. The molecular formula is C13H21ClFN3O2S. The fourth-order valence-electron chi connectivity index (χ4n) is 1.65. The van der Waals surface area contributed by atoms with Crippen LogP contribution in [0.3, 0.4) is 0 Å². The van der Waals surface area contributed by atoms with E-state index in [2.05, 4.69) is 4.72 Å². The fraction of sp³-hybridized carbons (Fsp3) is 0.538. The van der Waals surface area contributed by atoms with Gasteiger partial charge in [0.1, 0.15) is 10.7 Å². The molecule has 0 spiro atoms. The van der Waals surface area contributed by atoms with Crippen molar-refractivity contribution in [2.24, 2.45) is 5.73 Å². The van der Waals surface area contributed by atoms with E-state index in [1.54, 1.807) is 0 Å². The number of halogens is 2. The summed E-state index contributed by atoms with van der Waals surface area (Å²) in [7, 11) is -2.08. The summed E-state index contributed by atoms with van der Waals surface area (Å²) in [5, 5.41) is 0.136. The van der Waals surface area contributed by atoms with Crippen LogP contribution in [0.15, 0.2) is 17.0 Å². The van der Waals surface area contributed by atoms with E-state index in [9.17, 15) is 12.8 Å². The maximum atomic E-state index is 14.1. The standard InChI is InChI=1S/C13H21ClFN3O2S/c1-9(2)18(3)5-4-17-21(19,20)12-7-11(14)6-10(8-16)13(12)15/h6-7,9,17H,4-5,8,16H2,1-3H3. The third-order valence-electron chi connectivity index (χ3n) is 3.23. The van der Waals surface area contributed by atoms with Gasteiger partial charge >= 0.3 is 0 Å². The first-order valence-electron chi connectivity index (χ1n) is 6.57. The van der Waals surface area contributed by atoms with Crippen LogP contribution in [0.4, 0.5) is 4.39 Å².